The monoisotopic (exact) mass is 406 g/mol. The van der Waals surface area contributed by atoms with E-state index < -0.39 is 16.7 Å². The van der Waals surface area contributed by atoms with Gasteiger partial charge in [0.15, 0.2) is 0 Å². The largest absolute Gasteiger partial charge is 0.388 e. The smallest absolute Gasteiger partial charge is 0.0912 e. The number of pyridine rings is 1. The molecule has 1 aromatic rings. The van der Waals surface area contributed by atoms with Gasteiger partial charge in [0.05, 0.1) is 16.7 Å². The van der Waals surface area contributed by atoms with E-state index in [1.807, 2.05) is 26.0 Å². The van der Waals surface area contributed by atoms with Crippen LogP contribution in [-0.2, 0) is 0 Å². The maximum atomic E-state index is 11.3. The van der Waals surface area contributed by atoms with Crippen LogP contribution in [0.25, 0.3) is 0 Å². The van der Waals surface area contributed by atoms with Gasteiger partial charge in [0.2, 0.25) is 0 Å². The van der Waals surface area contributed by atoms with Gasteiger partial charge in [0.1, 0.15) is 0 Å². The van der Waals surface area contributed by atoms with Crippen molar-refractivity contribution in [1.82, 2.24) is 4.98 Å². The van der Waals surface area contributed by atoms with Crippen molar-refractivity contribution in [2.75, 3.05) is 5.32 Å². The number of aromatic nitrogens is 1. The number of aliphatic hydroxyl groups is 2. The number of anilines is 1. The molecule has 1 heterocycles. The molecule has 0 radical (unpaired) electrons. The molecule has 0 saturated carbocycles. The van der Waals surface area contributed by atoms with Crippen molar-refractivity contribution in [2.24, 2.45) is 0 Å². The molecule has 0 aliphatic heterocycles. The summed E-state index contributed by atoms with van der Waals surface area (Å²) in [6.45, 7) is 9.53. The summed E-state index contributed by atoms with van der Waals surface area (Å²) in [6.07, 6.45) is 18.2. The Morgan fingerprint density at radius 3 is 1.66 bits per heavy atom. The summed E-state index contributed by atoms with van der Waals surface area (Å²) >= 11 is 0. The summed E-state index contributed by atoms with van der Waals surface area (Å²) in [4.78, 5) is 4.04. The molecule has 2 unspecified atom stereocenters. The molecule has 3 N–H and O–H groups in total. The number of rotatable bonds is 16. The van der Waals surface area contributed by atoms with Crippen LogP contribution in [0, 0.1) is 0 Å². The van der Waals surface area contributed by atoms with Gasteiger partial charge in [0, 0.05) is 18.1 Å². The zero-order valence-corrected chi connectivity index (χ0v) is 19.6. The van der Waals surface area contributed by atoms with Crippen LogP contribution in [0.15, 0.2) is 24.5 Å². The van der Waals surface area contributed by atoms with Gasteiger partial charge >= 0.3 is 0 Å². The maximum absolute atomic E-state index is 11.3. The van der Waals surface area contributed by atoms with Crippen molar-refractivity contribution in [2.45, 2.75) is 128 Å². The van der Waals surface area contributed by atoms with Crippen LogP contribution in [0.3, 0.4) is 0 Å². The van der Waals surface area contributed by atoms with E-state index in [2.05, 4.69) is 17.2 Å². The van der Waals surface area contributed by atoms with Gasteiger partial charge in [-0.3, -0.25) is 4.98 Å². The van der Waals surface area contributed by atoms with Crippen LogP contribution < -0.4 is 5.32 Å². The van der Waals surface area contributed by atoms with Gasteiger partial charge < -0.3 is 15.5 Å². The van der Waals surface area contributed by atoms with Gasteiger partial charge in [0.25, 0.3) is 0 Å². The lowest BCUT2D eigenvalue weighted by molar-refractivity contribution is -0.104. The van der Waals surface area contributed by atoms with E-state index in [1.54, 1.807) is 26.2 Å². The molecule has 4 nitrogen and oxygen atoms in total. The van der Waals surface area contributed by atoms with Crippen molar-refractivity contribution in [3.8, 4) is 0 Å². The molecule has 168 valence electrons. The Kier molecular flexibility index (Phi) is 11.2. The summed E-state index contributed by atoms with van der Waals surface area (Å²) in [5.74, 6) is 0. The van der Waals surface area contributed by atoms with Crippen LogP contribution in [0.1, 0.15) is 112 Å². The van der Waals surface area contributed by atoms with Gasteiger partial charge in [-0.15, -0.1) is 0 Å². The van der Waals surface area contributed by atoms with E-state index in [1.165, 1.54) is 57.8 Å². The minimum atomic E-state index is -1.10. The topological polar surface area (TPSA) is 65.4 Å². The third kappa shape index (κ3) is 8.64. The SMILES string of the molecule is CCCCCCCCCCCCCC(C)(O)C(C)(Nc1ccncc1)C(C)(C)O. The lowest BCUT2D eigenvalue weighted by atomic mass is 9.69. The normalized spacial score (nSPS) is 16.2. The first-order valence-electron chi connectivity index (χ1n) is 11.8. The lowest BCUT2D eigenvalue weighted by Crippen LogP contribution is -2.67. The fourth-order valence-electron chi connectivity index (χ4n) is 4.05. The summed E-state index contributed by atoms with van der Waals surface area (Å²) in [6, 6.07) is 3.73. The van der Waals surface area contributed by atoms with Crippen LogP contribution in [0.4, 0.5) is 5.69 Å². The van der Waals surface area contributed by atoms with E-state index in [0.717, 1.165) is 18.5 Å². The first-order chi connectivity index (χ1) is 13.6. The highest BCUT2D eigenvalue weighted by molar-refractivity contribution is 5.46. The predicted molar refractivity (Wildman–Crippen MR) is 124 cm³/mol. The van der Waals surface area contributed by atoms with Crippen molar-refractivity contribution in [3.05, 3.63) is 24.5 Å². The highest BCUT2D eigenvalue weighted by atomic mass is 16.3. The average molecular weight is 407 g/mol. The quantitative estimate of drug-likeness (QED) is 0.275. The maximum Gasteiger partial charge on any atom is 0.0912 e. The van der Waals surface area contributed by atoms with Gasteiger partial charge in [-0.25, -0.2) is 0 Å². The molecule has 0 spiro atoms. The van der Waals surface area contributed by atoms with Crippen LogP contribution in [-0.4, -0.2) is 31.9 Å². The Hall–Kier alpha value is -1.13. The van der Waals surface area contributed by atoms with Crippen molar-refractivity contribution in [3.63, 3.8) is 0 Å². The number of hydrogen-bond donors (Lipinski definition) is 3. The fraction of sp³-hybridized carbons (Fsp3) is 0.800. The van der Waals surface area contributed by atoms with E-state index in [-0.39, 0.29) is 0 Å². The summed E-state index contributed by atoms with van der Waals surface area (Å²) in [5.41, 5.74) is -2.19. The predicted octanol–water partition coefficient (Wildman–Crippen LogP) is 6.48. The molecule has 1 rings (SSSR count). The zero-order valence-electron chi connectivity index (χ0n) is 19.6. The molecule has 0 aliphatic carbocycles. The second-order valence-corrected chi connectivity index (χ2v) is 9.60. The number of unbranched alkanes of at least 4 members (excludes halogenated alkanes) is 10. The minimum absolute atomic E-state index is 0.655. The van der Waals surface area contributed by atoms with E-state index in [4.69, 9.17) is 0 Å². The first-order valence-corrected chi connectivity index (χ1v) is 11.8. The second-order valence-electron chi connectivity index (χ2n) is 9.60. The van der Waals surface area contributed by atoms with Crippen LogP contribution in [0.2, 0.25) is 0 Å². The van der Waals surface area contributed by atoms with Crippen LogP contribution in [0.5, 0.6) is 0 Å². The molecule has 4 heteroatoms. The van der Waals surface area contributed by atoms with Crippen molar-refractivity contribution >= 4 is 5.69 Å². The van der Waals surface area contributed by atoms with Gasteiger partial charge in [-0.05, 0) is 46.2 Å². The molecule has 1 aromatic heterocycles. The summed E-state index contributed by atoms with van der Waals surface area (Å²) in [7, 11) is 0. The molecule has 0 amide bonds. The third-order valence-electron chi connectivity index (χ3n) is 6.64. The highest BCUT2D eigenvalue weighted by Gasteiger charge is 2.52. The van der Waals surface area contributed by atoms with E-state index in [9.17, 15) is 10.2 Å². The molecular weight excluding hydrogens is 360 g/mol. The lowest BCUT2D eigenvalue weighted by Gasteiger charge is -2.51. The molecular formula is C25H46N2O2. The van der Waals surface area contributed by atoms with E-state index >= 15 is 0 Å². The molecule has 0 aromatic carbocycles. The van der Waals surface area contributed by atoms with E-state index in [0.29, 0.717) is 6.42 Å². The Bertz CT molecular complexity index is 540. The molecule has 0 aliphatic rings. The first kappa shape index (κ1) is 25.9. The minimum Gasteiger partial charge on any atom is -0.388 e. The molecule has 0 saturated heterocycles. The molecule has 0 bridgehead atoms. The number of nitrogens with zero attached hydrogens (tertiary/aromatic N) is 1. The Morgan fingerprint density at radius 2 is 1.21 bits per heavy atom. The van der Waals surface area contributed by atoms with Crippen molar-refractivity contribution in [1.29, 1.82) is 0 Å². The second kappa shape index (κ2) is 12.5. The summed E-state index contributed by atoms with van der Waals surface area (Å²) < 4.78 is 0. The van der Waals surface area contributed by atoms with Gasteiger partial charge in [-0.1, -0.05) is 77.6 Å². The number of nitrogens with one attached hydrogen (secondary N) is 1. The Morgan fingerprint density at radius 1 is 0.759 bits per heavy atom. The Labute approximate surface area is 179 Å². The van der Waals surface area contributed by atoms with Gasteiger partial charge in [-0.2, -0.15) is 0 Å². The average Bonchev–Trinajstić information content (AvgIpc) is 2.66. The molecule has 2 atom stereocenters. The van der Waals surface area contributed by atoms with Crippen LogP contribution >= 0.6 is 0 Å². The fourth-order valence-corrected chi connectivity index (χ4v) is 4.05. The third-order valence-corrected chi connectivity index (χ3v) is 6.64. The zero-order chi connectivity index (χ0) is 21.8. The standard InChI is InChI=1S/C25H46N2O2/c1-6-7-8-9-10-11-12-13-14-15-16-19-24(4,29)25(5,23(2,3)28)27-22-17-20-26-21-18-22/h17-18,20-21,28-29H,6-16,19H2,1-5H3,(H,26,27). The molecule has 0 fully saturated rings. The highest BCUT2D eigenvalue weighted by Crippen LogP contribution is 2.39. The Balaban J connectivity index is 2.41. The van der Waals surface area contributed by atoms with Crippen molar-refractivity contribution < 1.29 is 10.2 Å². The number of hydrogen-bond acceptors (Lipinski definition) is 4. The summed E-state index contributed by atoms with van der Waals surface area (Å²) in [5, 5.41) is 25.6. The molecule has 29 heavy (non-hydrogen) atoms.